The summed E-state index contributed by atoms with van der Waals surface area (Å²) in [6.45, 7) is 5.54. The van der Waals surface area contributed by atoms with Crippen LogP contribution in [0.2, 0.25) is 0 Å². The summed E-state index contributed by atoms with van der Waals surface area (Å²) in [5.41, 5.74) is 0.764. The molecule has 0 aliphatic heterocycles. The number of hydrogen-bond donors (Lipinski definition) is 1. The Morgan fingerprint density at radius 2 is 1.88 bits per heavy atom. The summed E-state index contributed by atoms with van der Waals surface area (Å²) < 4.78 is 14.6. The predicted molar refractivity (Wildman–Crippen MR) is 93.4 cm³/mol. The highest BCUT2D eigenvalue weighted by Gasteiger charge is 2.28. The van der Waals surface area contributed by atoms with E-state index in [9.17, 15) is 14.0 Å². The first kappa shape index (κ1) is 18.6. The molecule has 0 atom stereocenters. The third kappa shape index (κ3) is 5.41. The second kappa shape index (κ2) is 7.46. The predicted octanol–water partition coefficient (Wildman–Crippen LogP) is 2.37. The molecule has 2 aromatic rings. The van der Waals surface area contributed by atoms with E-state index < -0.39 is 5.54 Å². The normalized spacial score (nSPS) is 11.2. The zero-order valence-corrected chi connectivity index (χ0v) is 14.9. The van der Waals surface area contributed by atoms with E-state index in [1.54, 1.807) is 24.1 Å². The number of carbonyl (C=O) groups excluding carboxylic acids is 2. The van der Waals surface area contributed by atoms with Crippen molar-refractivity contribution in [3.8, 4) is 0 Å². The molecule has 134 valence electrons. The van der Waals surface area contributed by atoms with Gasteiger partial charge in [-0.05, 0) is 50.6 Å². The van der Waals surface area contributed by atoms with Crippen LogP contribution < -0.4 is 5.32 Å². The Kier molecular flexibility index (Phi) is 5.56. The van der Waals surface area contributed by atoms with Crippen molar-refractivity contribution < 1.29 is 14.0 Å². The maximum atomic E-state index is 12.9. The lowest BCUT2D eigenvalue weighted by Crippen LogP contribution is -2.49. The molecule has 6 nitrogen and oxygen atoms in total. The maximum Gasteiger partial charge on any atom is 0.244 e. The molecule has 1 heterocycles. The number of benzene rings is 1. The highest BCUT2D eigenvalue weighted by molar-refractivity contribution is 5.95. The highest BCUT2D eigenvalue weighted by Crippen LogP contribution is 2.16. The van der Waals surface area contributed by atoms with E-state index in [1.165, 1.54) is 29.2 Å². The SMILES string of the molecule is Cn1cc(CC(=O)N(CC(=O)Nc2ccc(F)cc2)C(C)(C)C)cn1. The van der Waals surface area contributed by atoms with Gasteiger partial charge in [0, 0.05) is 24.5 Å². The van der Waals surface area contributed by atoms with Crippen molar-refractivity contribution in [3.63, 3.8) is 0 Å². The molecular weight excluding hydrogens is 323 g/mol. The third-order valence-electron chi connectivity index (χ3n) is 3.65. The van der Waals surface area contributed by atoms with Crippen molar-refractivity contribution in [3.05, 3.63) is 48.0 Å². The van der Waals surface area contributed by atoms with Crippen molar-refractivity contribution in [2.24, 2.45) is 7.05 Å². The molecule has 0 aliphatic carbocycles. The Hall–Kier alpha value is -2.70. The smallest absolute Gasteiger partial charge is 0.244 e. The number of amides is 2. The Labute approximate surface area is 146 Å². The minimum atomic E-state index is -0.514. The van der Waals surface area contributed by atoms with Crippen molar-refractivity contribution in [2.45, 2.75) is 32.7 Å². The summed E-state index contributed by atoms with van der Waals surface area (Å²) in [6.07, 6.45) is 3.59. The van der Waals surface area contributed by atoms with Crippen LogP contribution in [0.25, 0.3) is 0 Å². The minimum absolute atomic E-state index is 0.0834. The number of rotatable bonds is 5. The van der Waals surface area contributed by atoms with E-state index >= 15 is 0 Å². The van der Waals surface area contributed by atoms with Crippen molar-refractivity contribution in [1.29, 1.82) is 0 Å². The van der Waals surface area contributed by atoms with E-state index in [-0.39, 0.29) is 30.6 Å². The molecule has 0 aliphatic rings. The lowest BCUT2D eigenvalue weighted by atomic mass is 10.0. The molecule has 0 unspecified atom stereocenters. The van der Waals surface area contributed by atoms with Crippen LogP contribution in [-0.4, -0.2) is 38.6 Å². The summed E-state index contributed by atoms with van der Waals surface area (Å²) in [6, 6.07) is 5.49. The highest BCUT2D eigenvalue weighted by atomic mass is 19.1. The second-order valence-electron chi connectivity index (χ2n) is 6.90. The van der Waals surface area contributed by atoms with Crippen LogP contribution in [0, 0.1) is 5.82 Å². The lowest BCUT2D eigenvalue weighted by Gasteiger charge is -2.35. The molecule has 1 aromatic heterocycles. The van der Waals surface area contributed by atoms with Gasteiger partial charge in [-0.3, -0.25) is 14.3 Å². The molecule has 2 amide bonds. The van der Waals surface area contributed by atoms with Gasteiger partial charge in [-0.1, -0.05) is 0 Å². The molecule has 0 radical (unpaired) electrons. The van der Waals surface area contributed by atoms with Gasteiger partial charge in [-0.2, -0.15) is 5.10 Å². The number of anilines is 1. The average molecular weight is 346 g/mol. The minimum Gasteiger partial charge on any atom is -0.328 e. The van der Waals surface area contributed by atoms with E-state index in [4.69, 9.17) is 0 Å². The first-order valence-electron chi connectivity index (χ1n) is 7.98. The summed E-state index contributed by atoms with van der Waals surface area (Å²) in [4.78, 5) is 26.5. The quantitative estimate of drug-likeness (QED) is 0.904. The maximum absolute atomic E-state index is 12.9. The van der Waals surface area contributed by atoms with Crippen LogP contribution in [0.5, 0.6) is 0 Å². The first-order valence-corrected chi connectivity index (χ1v) is 7.98. The molecule has 0 saturated carbocycles. The molecule has 0 fully saturated rings. The van der Waals surface area contributed by atoms with Gasteiger partial charge in [0.2, 0.25) is 11.8 Å². The van der Waals surface area contributed by atoms with E-state index in [2.05, 4.69) is 10.4 Å². The monoisotopic (exact) mass is 346 g/mol. The van der Waals surface area contributed by atoms with Gasteiger partial charge in [0.25, 0.3) is 0 Å². The van der Waals surface area contributed by atoms with Crippen LogP contribution in [0.1, 0.15) is 26.3 Å². The second-order valence-corrected chi connectivity index (χ2v) is 6.90. The Balaban J connectivity index is 2.05. The Morgan fingerprint density at radius 1 is 1.24 bits per heavy atom. The largest absolute Gasteiger partial charge is 0.328 e. The van der Waals surface area contributed by atoms with Crippen LogP contribution in [0.4, 0.5) is 10.1 Å². The molecule has 7 heteroatoms. The van der Waals surface area contributed by atoms with Gasteiger partial charge >= 0.3 is 0 Å². The molecular formula is C18H23FN4O2. The number of aryl methyl sites for hydroxylation is 1. The zero-order valence-electron chi connectivity index (χ0n) is 14.9. The number of hydrogen-bond acceptors (Lipinski definition) is 3. The Morgan fingerprint density at radius 3 is 2.40 bits per heavy atom. The number of aromatic nitrogens is 2. The van der Waals surface area contributed by atoms with Gasteiger partial charge in [0.15, 0.2) is 0 Å². The van der Waals surface area contributed by atoms with Crippen LogP contribution >= 0.6 is 0 Å². The standard InChI is InChI=1S/C18H23FN4O2/c1-18(2,3)23(17(25)9-13-10-20-22(4)11-13)12-16(24)21-15-7-5-14(19)6-8-15/h5-8,10-11H,9,12H2,1-4H3,(H,21,24). The van der Waals surface area contributed by atoms with E-state index in [0.29, 0.717) is 5.69 Å². The number of nitrogens with one attached hydrogen (secondary N) is 1. The fourth-order valence-electron chi connectivity index (χ4n) is 2.41. The number of halogens is 1. The van der Waals surface area contributed by atoms with Gasteiger partial charge in [0.1, 0.15) is 12.4 Å². The average Bonchev–Trinajstić information content (AvgIpc) is 2.91. The first-order chi connectivity index (χ1) is 11.6. The summed E-state index contributed by atoms with van der Waals surface area (Å²) in [7, 11) is 1.78. The van der Waals surface area contributed by atoms with Crippen molar-refractivity contribution >= 4 is 17.5 Å². The number of nitrogens with zero attached hydrogens (tertiary/aromatic N) is 3. The van der Waals surface area contributed by atoms with Crippen molar-refractivity contribution in [1.82, 2.24) is 14.7 Å². The molecule has 0 spiro atoms. The van der Waals surface area contributed by atoms with Gasteiger partial charge in [0.05, 0.1) is 12.6 Å². The molecule has 2 rings (SSSR count). The molecule has 25 heavy (non-hydrogen) atoms. The van der Waals surface area contributed by atoms with Crippen LogP contribution in [0.15, 0.2) is 36.7 Å². The van der Waals surface area contributed by atoms with Gasteiger partial charge < -0.3 is 10.2 Å². The number of carbonyl (C=O) groups is 2. The molecule has 0 saturated heterocycles. The van der Waals surface area contributed by atoms with Crippen LogP contribution in [0.3, 0.4) is 0 Å². The third-order valence-corrected chi connectivity index (χ3v) is 3.65. The lowest BCUT2D eigenvalue weighted by molar-refractivity contribution is -0.138. The molecule has 1 N–H and O–H groups in total. The molecule has 0 bridgehead atoms. The fourth-order valence-corrected chi connectivity index (χ4v) is 2.41. The van der Waals surface area contributed by atoms with Gasteiger partial charge in [-0.25, -0.2) is 4.39 Å². The molecule has 1 aromatic carbocycles. The summed E-state index contributed by atoms with van der Waals surface area (Å²) in [5.74, 6) is -0.864. The summed E-state index contributed by atoms with van der Waals surface area (Å²) in [5, 5.41) is 6.73. The fraction of sp³-hybridized carbons (Fsp3) is 0.389. The van der Waals surface area contributed by atoms with E-state index in [1.807, 2.05) is 20.8 Å². The summed E-state index contributed by atoms with van der Waals surface area (Å²) >= 11 is 0. The topological polar surface area (TPSA) is 67.2 Å². The zero-order chi connectivity index (χ0) is 18.6. The van der Waals surface area contributed by atoms with E-state index in [0.717, 1.165) is 5.56 Å². The van der Waals surface area contributed by atoms with Crippen LogP contribution in [-0.2, 0) is 23.1 Å². The Bertz CT molecular complexity index is 747. The van der Waals surface area contributed by atoms with Gasteiger partial charge in [-0.15, -0.1) is 0 Å². The van der Waals surface area contributed by atoms with Crippen molar-refractivity contribution in [2.75, 3.05) is 11.9 Å².